The zero-order valence-corrected chi connectivity index (χ0v) is 16.6. The normalized spacial score (nSPS) is 18.7. The van der Waals surface area contributed by atoms with Crippen molar-refractivity contribution in [2.45, 2.75) is 11.4 Å². The summed E-state index contributed by atoms with van der Waals surface area (Å²) in [5, 5.41) is 0.405. The number of fused-ring (bicyclic) bond motifs is 1. The lowest BCUT2D eigenvalue weighted by atomic mass is 9.91. The third kappa shape index (κ3) is 2.79. The first-order valence-electron chi connectivity index (χ1n) is 9.46. The van der Waals surface area contributed by atoms with E-state index in [0.29, 0.717) is 0 Å². The van der Waals surface area contributed by atoms with Crippen molar-refractivity contribution in [3.63, 3.8) is 0 Å². The third-order valence-electron chi connectivity index (χ3n) is 5.47. The van der Waals surface area contributed by atoms with E-state index in [-0.39, 0.29) is 11.9 Å². The molecule has 0 saturated carbocycles. The van der Waals surface area contributed by atoms with Crippen LogP contribution in [0.2, 0.25) is 0 Å². The van der Waals surface area contributed by atoms with Gasteiger partial charge in [-0.3, -0.25) is 9.69 Å². The number of rotatable bonds is 4. The first kappa shape index (κ1) is 17.8. The average Bonchev–Trinajstić information content (AvgIpc) is 3.16. The van der Waals surface area contributed by atoms with Crippen LogP contribution in [-0.4, -0.2) is 23.4 Å². The molecule has 1 fully saturated rings. The first-order chi connectivity index (χ1) is 14.2. The number of para-hydroxylation sites is 1. The quantitative estimate of drug-likeness (QED) is 0.360. The lowest BCUT2D eigenvalue weighted by Crippen LogP contribution is -2.56. The van der Waals surface area contributed by atoms with Crippen LogP contribution in [0.15, 0.2) is 78.9 Å². The zero-order chi connectivity index (χ0) is 20.0. The van der Waals surface area contributed by atoms with Crippen molar-refractivity contribution >= 4 is 34.1 Å². The topological polar surface area (TPSA) is 45.3 Å². The van der Waals surface area contributed by atoms with Gasteiger partial charge in [-0.25, -0.2) is 0 Å². The van der Waals surface area contributed by atoms with Crippen LogP contribution in [-0.2, 0) is 4.79 Å². The van der Waals surface area contributed by atoms with Crippen molar-refractivity contribution in [3.05, 3.63) is 84.4 Å². The zero-order valence-electron chi connectivity index (χ0n) is 15.8. The predicted octanol–water partition coefficient (Wildman–Crippen LogP) is 5.54. The van der Waals surface area contributed by atoms with Crippen LogP contribution >= 0.6 is 11.6 Å². The van der Waals surface area contributed by atoms with Gasteiger partial charge in [0.2, 0.25) is 5.91 Å². The standard InChI is InChI=1S/C24H19ClN2O2/c1-29-17-13-11-16(12-14-17)22-20(25)24(28)27(22)23-18-9-5-6-10-19(18)26-21(23)15-7-3-2-4-8-15/h2-14,20,22,26H,1H3. The van der Waals surface area contributed by atoms with Crippen LogP contribution in [0, 0.1) is 0 Å². The summed E-state index contributed by atoms with van der Waals surface area (Å²) in [4.78, 5) is 18.3. The van der Waals surface area contributed by atoms with Crippen LogP contribution in [0.3, 0.4) is 0 Å². The second-order valence-corrected chi connectivity index (χ2v) is 7.56. The Kier molecular flexibility index (Phi) is 4.29. The number of benzene rings is 3. The molecule has 2 heterocycles. The molecule has 1 aliphatic heterocycles. The van der Waals surface area contributed by atoms with E-state index in [4.69, 9.17) is 16.3 Å². The number of halogens is 1. The fourth-order valence-electron chi connectivity index (χ4n) is 4.01. The lowest BCUT2D eigenvalue weighted by Gasteiger charge is -2.44. The molecule has 4 aromatic rings. The second kappa shape index (κ2) is 6.98. The van der Waals surface area contributed by atoms with Crippen molar-refractivity contribution in [2.75, 3.05) is 12.0 Å². The second-order valence-electron chi connectivity index (χ2n) is 7.09. The maximum Gasteiger partial charge on any atom is 0.248 e. The van der Waals surface area contributed by atoms with E-state index < -0.39 is 5.38 Å². The third-order valence-corrected chi connectivity index (χ3v) is 5.89. The molecule has 0 aliphatic carbocycles. The van der Waals surface area contributed by atoms with Crippen LogP contribution < -0.4 is 9.64 Å². The van der Waals surface area contributed by atoms with Crippen LogP contribution in [0.4, 0.5) is 5.69 Å². The number of nitrogens with one attached hydrogen (secondary N) is 1. The number of β-lactam (4-membered cyclic amide) rings is 1. The van der Waals surface area contributed by atoms with E-state index >= 15 is 0 Å². The Morgan fingerprint density at radius 3 is 2.34 bits per heavy atom. The number of amides is 1. The molecule has 1 N–H and O–H groups in total. The van der Waals surface area contributed by atoms with Crippen LogP contribution in [0.5, 0.6) is 5.75 Å². The summed E-state index contributed by atoms with van der Waals surface area (Å²) in [5.74, 6) is 0.684. The largest absolute Gasteiger partial charge is 0.497 e. The number of alkyl halides is 1. The summed E-state index contributed by atoms with van der Waals surface area (Å²) in [6.45, 7) is 0. The van der Waals surface area contributed by atoms with E-state index in [9.17, 15) is 4.79 Å². The highest BCUT2D eigenvalue weighted by molar-refractivity contribution is 6.38. The van der Waals surface area contributed by atoms with Crippen LogP contribution in [0.1, 0.15) is 11.6 Å². The van der Waals surface area contributed by atoms with Gasteiger partial charge in [-0.1, -0.05) is 60.7 Å². The molecule has 1 aromatic heterocycles. The van der Waals surface area contributed by atoms with Crippen molar-refractivity contribution in [1.29, 1.82) is 0 Å². The molecule has 29 heavy (non-hydrogen) atoms. The Labute approximate surface area is 173 Å². The van der Waals surface area contributed by atoms with Crippen molar-refractivity contribution in [1.82, 2.24) is 4.98 Å². The minimum Gasteiger partial charge on any atom is -0.497 e. The molecule has 3 aromatic carbocycles. The monoisotopic (exact) mass is 402 g/mol. The van der Waals surface area contributed by atoms with Crippen molar-refractivity contribution in [2.24, 2.45) is 0 Å². The molecule has 0 spiro atoms. The van der Waals surface area contributed by atoms with E-state index in [1.807, 2.05) is 83.8 Å². The van der Waals surface area contributed by atoms with Gasteiger partial charge in [-0.2, -0.15) is 0 Å². The number of aromatic nitrogens is 1. The van der Waals surface area contributed by atoms with Crippen LogP contribution in [0.25, 0.3) is 22.2 Å². The molecule has 0 radical (unpaired) electrons. The number of ether oxygens (including phenoxy) is 1. The van der Waals surface area contributed by atoms with E-state index in [0.717, 1.165) is 39.2 Å². The Morgan fingerprint density at radius 1 is 0.931 bits per heavy atom. The summed E-state index contributed by atoms with van der Waals surface area (Å²) in [5.41, 5.74) is 4.78. The molecule has 0 bridgehead atoms. The Bertz CT molecular complexity index is 1180. The number of aromatic amines is 1. The minimum atomic E-state index is -0.597. The molecule has 144 valence electrons. The molecule has 5 rings (SSSR count). The van der Waals surface area contributed by atoms with Gasteiger partial charge < -0.3 is 9.72 Å². The first-order valence-corrected chi connectivity index (χ1v) is 9.90. The molecule has 1 amide bonds. The van der Waals surface area contributed by atoms with E-state index in [2.05, 4.69) is 4.98 Å². The minimum absolute atomic E-state index is 0.0885. The van der Waals surface area contributed by atoms with Gasteiger partial charge in [-0.15, -0.1) is 11.6 Å². The van der Waals surface area contributed by atoms with Gasteiger partial charge in [0.1, 0.15) is 11.1 Å². The SMILES string of the molecule is COc1ccc(C2C(Cl)C(=O)N2c2c(-c3ccccc3)[nH]c3ccccc23)cc1. The Balaban J connectivity index is 1.68. The molecular weight excluding hydrogens is 384 g/mol. The Hall–Kier alpha value is -3.24. The van der Waals surface area contributed by atoms with E-state index in [1.54, 1.807) is 7.11 Å². The molecule has 4 nitrogen and oxygen atoms in total. The maximum absolute atomic E-state index is 12.9. The number of hydrogen-bond donors (Lipinski definition) is 1. The predicted molar refractivity (Wildman–Crippen MR) is 117 cm³/mol. The number of nitrogens with zero attached hydrogens (tertiary/aromatic N) is 1. The molecule has 2 atom stereocenters. The van der Waals surface area contributed by atoms with Gasteiger partial charge in [-0.05, 0) is 23.8 Å². The summed E-state index contributed by atoms with van der Waals surface area (Å²) in [7, 11) is 1.64. The van der Waals surface area contributed by atoms with Gasteiger partial charge in [0.15, 0.2) is 0 Å². The molecule has 1 saturated heterocycles. The summed E-state index contributed by atoms with van der Waals surface area (Å²) in [6, 6.07) is 25.6. The number of hydrogen-bond acceptors (Lipinski definition) is 2. The van der Waals surface area contributed by atoms with Gasteiger partial charge in [0, 0.05) is 16.5 Å². The lowest BCUT2D eigenvalue weighted by molar-refractivity contribution is -0.123. The molecular formula is C24H19ClN2O2. The molecule has 1 aliphatic rings. The van der Waals surface area contributed by atoms with Gasteiger partial charge >= 0.3 is 0 Å². The molecule has 2 unspecified atom stereocenters. The highest BCUT2D eigenvalue weighted by atomic mass is 35.5. The smallest absolute Gasteiger partial charge is 0.248 e. The van der Waals surface area contributed by atoms with Crippen molar-refractivity contribution < 1.29 is 9.53 Å². The van der Waals surface area contributed by atoms with Crippen molar-refractivity contribution in [3.8, 4) is 17.0 Å². The average molecular weight is 403 g/mol. The number of H-pyrrole nitrogens is 1. The number of anilines is 1. The maximum atomic E-state index is 12.9. The fraction of sp³-hybridized carbons (Fsp3) is 0.125. The Morgan fingerprint density at radius 2 is 1.62 bits per heavy atom. The van der Waals surface area contributed by atoms with E-state index in [1.165, 1.54) is 0 Å². The highest BCUT2D eigenvalue weighted by Gasteiger charge is 2.49. The summed E-state index contributed by atoms with van der Waals surface area (Å²) >= 11 is 6.50. The summed E-state index contributed by atoms with van der Waals surface area (Å²) < 4.78 is 5.26. The highest BCUT2D eigenvalue weighted by Crippen LogP contribution is 2.48. The number of carbonyl (C=O) groups excluding carboxylic acids is 1. The van der Waals surface area contributed by atoms with Gasteiger partial charge in [0.25, 0.3) is 0 Å². The fourth-order valence-corrected chi connectivity index (χ4v) is 4.38. The number of methoxy groups -OCH3 is 1. The van der Waals surface area contributed by atoms with Gasteiger partial charge in [0.05, 0.1) is 24.5 Å². The molecule has 5 heteroatoms. The summed E-state index contributed by atoms with van der Waals surface area (Å²) in [6.07, 6.45) is 0. The number of carbonyl (C=O) groups is 1.